The van der Waals surface area contributed by atoms with Crippen LogP contribution in [0.25, 0.3) is 10.8 Å². The number of hydrogen-bond acceptors (Lipinski definition) is 5. The number of nitrogens with one attached hydrogen (secondary N) is 2. The van der Waals surface area contributed by atoms with Gasteiger partial charge in [0.2, 0.25) is 0 Å². The highest BCUT2D eigenvalue weighted by Gasteiger charge is 2.42. The lowest BCUT2D eigenvalue weighted by molar-refractivity contribution is 0.183. The normalized spacial score (nSPS) is 22.9. The number of likely N-dealkylation sites (tertiary alicyclic amines) is 1. The van der Waals surface area contributed by atoms with E-state index in [-0.39, 0.29) is 7.43 Å². The molecule has 2 heterocycles. The highest BCUT2D eigenvalue weighted by molar-refractivity contribution is 5.98. The Morgan fingerprint density at radius 2 is 1.73 bits per heavy atom. The van der Waals surface area contributed by atoms with Crippen molar-refractivity contribution in [2.24, 2.45) is 17.8 Å². The molecule has 6 rings (SSSR count). The van der Waals surface area contributed by atoms with Gasteiger partial charge >= 0.3 is 0 Å². The number of benzene rings is 2. The van der Waals surface area contributed by atoms with Gasteiger partial charge in [0.05, 0.1) is 11.4 Å². The summed E-state index contributed by atoms with van der Waals surface area (Å²) in [6, 6.07) is 17.4. The fourth-order valence-corrected chi connectivity index (χ4v) is 6.29. The number of hydrogen-bond donors (Lipinski definition) is 2. The maximum absolute atomic E-state index is 6.42. The minimum Gasteiger partial charge on any atom is -0.457 e. The number of ether oxygens (including phenoxy) is 1. The van der Waals surface area contributed by atoms with Gasteiger partial charge in [0.25, 0.3) is 0 Å². The summed E-state index contributed by atoms with van der Waals surface area (Å²) in [4.78, 5) is 7.12. The zero-order valence-corrected chi connectivity index (χ0v) is 21.6. The van der Waals surface area contributed by atoms with Gasteiger partial charge in [-0.2, -0.15) is 0 Å². The van der Waals surface area contributed by atoms with Gasteiger partial charge in [-0.3, -0.25) is 9.88 Å². The van der Waals surface area contributed by atoms with E-state index in [0.717, 1.165) is 65.7 Å². The lowest BCUT2D eigenvalue weighted by Gasteiger charge is -2.29. The van der Waals surface area contributed by atoms with Crippen LogP contribution in [0.5, 0.6) is 11.5 Å². The molecule has 2 aliphatic carbocycles. The highest BCUT2D eigenvalue weighted by atomic mass is 16.5. The van der Waals surface area contributed by atoms with E-state index in [0.29, 0.717) is 6.04 Å². The summed E-state index contributed by atoms with van der Waals surface area (Å²) in [6.45, 7) is 5.56. The fourth-order valence-electron chi connectivity index (χ4n) is 6.29. The Morgan fingerprint density at radius 1 is 0.946 bits per heavy atom. The Labute approximate surface area is 223 Å². The monoisotopic (exact) mass is 500 g/mol. The summed E-state index contributed by atoms with van der Waals surface area (Å²) in [5.74, 6) is 4.34. The molecule has 198 valence electrons. The number of fused-ring (bicyclic) bond motifs is 1. The van der Waals surface area contributed by atoms with Crippen LogP contribution in [0.2, 0.25) is 0 Å². The summed E-state index contributed by atoms with van der Waals surface area (Å²) in [7, 11) is 0. The van der Waals surface area contributed by atoms with E-state index >= 15 is 0 Å². The number of nitrogens with zero attached hydrogens (tertiary/aromatic N) is 2. The minimum absolute atomic E-state index is 0. The quantitative estimate of drug-likeness (QED) is 0.309. The first kappa shape index (κ1) is 26.0. The molecule has 3 aromatic rings. The molecule has 1 aromatic heterocycles. The smallest absolute Gasteiger partial charge is 0.135 e. The van der Waals surface area contributed by atoms with E-state index in [4.69, 9.17) is 4.74 Å². The van der Waals surface area contributed by atoms with Gasteiger partial charge in [-0.15, -0.1) is 0 Å². The number of anilines is 1. The molecular weight excluding hydrogens is 456 g/mol. The molecule has 5 heteroatoms. The maximum atomic E-state index is 6.42. The molecule has 2 N–H and O–H groups in total. The van der Waals surface area contributed by atoms with Gasteiger partial charge in [-0.1, -0.05) is 70.7 Å². The molecule has 2 unspecified atom stereocenters. The average molecular weight is 501 g/mol. The molecule has 0 radical (unpaired) electrons. The number of pyridine rings is 1. The van der Waals surface area contributed by atoms with E-state index in [1.54, 1.807) is 0 Å². The summed E-state index contributed by atoms with van der Waals surface area (Å²) >= 11 is 0. The maximum Gasteiger partial charge on any atom is 0.135 e. The van der Waals surface area contributed by atoms with Gasteiger partial charge in [-0.25, -0.2) is 5.43 Å². The molecule has 2 aromatic carbocycles. The molecule has 3 fully saturated rings. The van der Waals surface area contributed by atoms with Gasteiger partial charge in [0.1, 0.15) is 11.5 Å². The zero-order valence-electron chi connectivity index (χ0n) is 21.6. The van der Waals surface area contributed by atoms with Crippen molar-refractivity contribution in [1.82, 2.24) is 15.3 Å². The topological polar surface area (TPSA) is 49.4 Å². The third-order valence-electron chi connectivity index (χ3n) is 8.65. The number of aromatic nitrogens is 1. The molecule has 37 heavy (non-hydrogen) atoms. The van der Waals surface area contributed by atoms with Crippen LogP contribution in [0.15, 0.2) is 54.7 Å². The van der Waals surface area contributed by atoms with Crippen molar-refractivity contribution in [3.05, 3.63) is 60.4 Å². The molecule has 0 bridgehead atoms. The number of hydrazine groups is 1. The standard InChI is InChI=1S/C31H40N4O.CH4/c1-22-14-17-35(18-15-22)21-24-19-25(13-16-32-24)36-31-12-11-29(26-9-5-6-10-27(26)31)33-34-30-20-28(30)23-7-3-2-4-8-23;/h5-6,9-13,16,19,22-23,28,30,33-34H,2-4,7-8,14-15,17-18,20-21H2,1H3;1H4. The van der Waals surface area contributed by atoms with E-state index in [2.05, 4.69) is 70.1 Å². The van der Waals surface area contributed by atoms with Crippen LogP contribution in [0.4, 0.5) is 5.69 Å². The van der Waals surface area contributed by atoms with Crippen LogP contribution in [-0.4, -0.2) is 29.0 Å². The third-order valence-corrected chi connectivity index (χ3v) is 8.65. The third kappa shape index (κ3) is 6.27. The van der Waals surface area contributed by atoms with Crippen molar-refractivity contribution in [3.8, 4) is 11.5 Å². The second-order valence-electron chi connectivity index (χ2n) is 11.4. The summed E-state index contributed by atoms with van der Waals surface area (Å²) < 4.78 is 6.42. The van der Waals surface area contributed by atoms with Crippen molar-refractivity contribution >= 4 is 16.5 Å². The summed E-state index contributed by atoms with van der Waals surface area (Å²) in [5.41, 5.74) is 9.36. The molecule has 1 aliphatic heterocycles. The largest absolute Gasteiger partial charge is 0.457 e. The molecule has 2 saturated carbocycles. The Hall–Kier alpha value is -2.63. The predicted molar refractivity (Wildman–Crippen MR) is 154 cm³/mol. The van der Waals surface area contributed by atoms with Gasteiger partial charge in [-0.05, 0) is 68.3 Å². The van der Waals surface area contributed by atoms with E-state index in [1.807, 2.05) is 12.3 Å². The van der Waals surface area contributed by atoms with E-state index < -0.39 is 0 Å². The molecule has 1 saturated heterocycles. The van der Waals surface area contributed by atoms with Crippen molar-refractivity contribution in [3.63, 3.8) is 0 Å². The lowest BCUT2D eigenvalue weighted by Crippen LogP contribution is -2.32. The Balaban J connectivity index is 0.00000280. The SMILES string of the molecule is C.CC1CCN(Cc2cc(Oc3ccc(NNC4CC4C4CCCCC4)c4ccccc34)ccn2)CC1. The molecule has 3 aliphatic rings. The molecule has 5 nitrogen and oxygen atoms in total. The Kier molecular flexibility index (Phi) is 8.31. The van der Waals surface area contributed by atoms with Gasteiger partial charge < -0.3 is 10.2 Å². The Morgan fingerprint density at radius 3 is 2.54 bits per heavy atom. The lowest BCUT2D eigenvalue weighted by atomic mass is 9.85. The van der Waals surface area contributed by atoms with Crippen LogP contribution in [0.3, 0.4) is 0 Å². The van der Waals surface area contributed by atoms with Gasteiger partial charge in [0.15, 0.2) is 0 Å². The average Bonchev–Trinajstić information content (AvgIpc) is 3.70. The van der Waals surface area contributed by atoms with Crippen LogP contribution < -0.4 is 15.6 Å². The second kappa shape index (κ2) is 11.8. The van der Waals surface area contributed by atoms with E-state index in [1.165, 1.54) is 56.8 Å². The molecule has 0 amide bonds. The number of piperidine rings is 1. The van der Waals surface area contributed by atoms with Crippen molar-refractivity contribution < 1.29 is 4.74 Å². The van der Waals surface area contributed by atoms with Crippen LogP contribution in [-0.2, 0) is 6.54 Å². The van der Waals surface area contributed by atoms with Gasteiger partial charge in [0, 0.05) is 35.6 Å². The minimum atomic E-state index is 0. The van der Waals surface area contributed by atoms with Crippen molar-refractivity contribution in [2.75, 3.05) is 18.5 Å². The van der Waals surface area contributed by atoms with Crippen LogP contribution in [0.1, 0.15) is 71.4 Å². The van der Waals surface area contributed by atoms with Crippen LogP contribution >= 0.6 is 0 Å². The zero-order chi connectivity index (χ0) is 24.3. The first-order valence-corrected chi connectivity index (χ1v) is 14.1. The predicted octanol–water partition coefficient (Wildman–Crippen LogP) is 7.78. The first-order chi connectivity index (χ1) is 17.7. The van der Waals surface area contributed by atoms with Crippen LogP contribution in [0, 0.1) is 17.8 Å². The molecular formula is C32H44N4O. The first-order valence-electron chi connectivity index (χ1n) is 14.1. The molecule has 2 atom stereocenters. The van der Waals surface area contributed by atoms with Crippen molar-refractivity contribution in [1.29, 1.82) is 0 Å². The summed E-state index contributed by atoms with van der Waals surface area (Å²) in [6.07, 6.45) is 12.8. The Bertz CT molecular complexity index is 1170. The summed E-state index contributed by atoms with van der Waals surface area (Å²) in [5, 5.41) is 2.29. The highest BCUT2D eigenvalue weighted by Crippen LogP contribution is 2.44. The van der Waals surface area contributed by atoms with Crippen molar-refractivity contribution in [2.45, 2.75) is 78.3 Å². The molecule has 0 spiro atoms. The van der Waals surface area contributed by atoms with E-state index in [9.17, 15) is 0 Å². The second-order valence-corrected chi connectivity index (χ2v) is 11.4. The fraction of sp³-hybridized carbons (Fsp3) is 0.531. The number of rotatable bonds is 8.